The van der Waals surface area contributed by atoms with Gasteiger partial charge in [0.1, 0.15) is 6.04 Å². The standard InChI is InChI=1S/C20H31N3O4S/c1-14-9-10-17(13-15(14)2)28(26,27)23-18(11-12-19(21)24)20(25)22-16-7-5-3-4-6-8-16/h9-10,13,16,18,23H,3-8,11-12H2,1-2H3,(H2,21,24)(H,22,25)/t18-/m0/s1. The van der Waals surface area contributed by atoms with Crippen LogP contribution in [0.5, 0.6) is 0 Å². The third kappa shape index (κ3) is 6.60. The van der Waals surface area contributed by atoms with E-state index in [0.29, 0.717) is 0 Å². The normalized spacial score (nSPS) is 16.9. The number of hydrogen-bond donors (Lipinski definition) is 3. The van der Waals surface area contributed by atoms with Crippen molar-refractivity contribution in [2.45, 2.75) is 82.2 Å². The highest BCUT2D eigenvalue weighted by Crippen LogP contribution is 2.18. The van der Waals surface area contributed by atoms with Gasteiger partial charge >= 0.3 is 0 Å². The van der Waals surface area contributed by atoms with Crippen LogP contribution in [0.15, 0.2) is 23.1 Å². The molecule has 1 atom stereocenters. The lowest BCUT2D eigenvalue weighted by Gasteiger charge is -2.22. The second kappa shape index (κ2) is 10.0. The summed E-state index contributed by atoms with van der Waals surface area (Å²) < 4.78 is 28.1. The molecular weight excluding hydrogens is 378 g/mol. The van der Waals surface area contributed by atoms with Crippen LogP contribution in [0.25, 0.3) is 0 Å². The van der Waals surface area contributed by atoms with E-state index in [0.717, 1.165) is 49.7 Å². The van der Waals surface area contributed by atoms with Gasteiger partial charge in [-0.1, -0.05) is 31.7 Å². The van der Waals surface area contributed by atoms with Crippen molar-refractivity contribution in [3.8, 4) is 0 Å². The maximum Gasteiger partial charge on any atom is 0.241 e. The van der Waals surface area contributed by atoms with Crippen LogP contribution >= 0.6 is 0 Å². The number of benzene rings is 1. The van der Waals surface area contributed by atoms with E-state index in [9.17, 15) is 18.0 Å². The molecule has 1 aromatic carbocycles. The monoisotopic (exact) mass is 409 g/mol. The molecule has 1 fully saturated rings. The van der Waals surface area contributed by atoms with Crippen LogP contribution in [0.1, 0.15) is 62.5 Å². The average Bonchev–Trinajstić information content (AvgIpc) is 2.89. The van der Waals surface area contributed by atoms with Gasteiger partial charge in [0.15, 0.2) is 0 Å². The van der Waals surface area contributed by atoms with Gasteiger partial charge in [0.05, 0.1) is 4.90 Å². The van der Waals surface area contributed by atoms with Crippen LogP contribution in [0.2, 0.25) is 0 Å². The Bertz CT molecular complexity index is 800. The largest absolute Gasteiger partial charge is 0.370 e. The summed E-state index contributed by atoms with van der Waals surface area (Å²) in [5, 5.41) is 2.96. The van der Waals surface area contributed by atoms with E-state index < -0.39 is 27.9 Å². The van der Waals surface area contributed by atoms with Crippen LogP contribution in [0.4, 0.5) is 0 Å². The van der Waals surface area contributed by atoms with Gasteiger partial charge in [-0.25, -0.2) is 8.42 Å². The molecule has 2 amide bonds. The number of nitrogens with two attached hydrogens (primary N) is 1. The SMILES string of the molecule is Cc1ccc(S(=O)(=O)N[C@@H](CCC(N)=O)C(=O)NC2CCCCCC2)cc1C. The number of primary amides is 1. The van der Waals surface area contributed by atoms with E-state index in [1.807, 2.05) is 13.8 Å². The first-order valence-electron chi connectivity index (χ1n) is 9.87. The minimum absolute atomic E-state index is 0.0258. The molecule has 2 rings (SSSR count). The van der Waals surface area contributed by atoms with Crippen molar-refractivity contribution in [3.63, 3.8) is 0 Å². The molecule has 1 aliphatic carbocycles. The maximum absolute atomic E-state index is 12.8. The molecule has 0 aliphatic heterocycles. The summed E-state index contributed by atoms with van der Waals surface area (Å²) in [5.41, 5.74) is 7.04. The van der Waals surface area contributed by atoms with Crippen LogP contribution < -0.4 is 15.8 Å². The summed E-state index contributed by atoms with van der Waals surface area (Å²) in [5.74, 6) is -0.974. The molecule has 8 heteroatoms. The molecule has 1 aromatic rings. The maximum atomic E-state index is 12.8. The quantitative estimate of drug-likeness (QED) is 0.569. The van der Waals surface area contributed by atoms with Gasteiger partial charge in [-0.3, -0.25) is 9.59 Å². The van der Waals surface area contributed by atoms with E-state index in [1.165, 1.54) is 6.07 Å². The smallest absolute Gasteiger partial charge is 0.241 e. The average molecular weight is 410 g/mol. The fraction of sp³-hybridized carbons (Fsp3) is 0.600. The highest BCUT2D eigenvalue weighted by Gasteiger charge is 2.28. The Labute approximate surface area is 167 Å². The molecule has 4 N–H and O–H groups in total. The van der Waals surface area contributed by atoms with Crippen molar-refractivity contribution in [3.05, 3.63) is 29.3 Å². The van der Waals surface area contributed by atoms with Crippen LogP contribution in [0.3, 0.4) is 0 Å². The Hall–Kier alpha value is -1.93. The predicted molar refractivity (Wildman–Crippen MR) is 108 cm³/mol. The van der Waals surface area contributed by atoms with Crippen molar-refractivity contribution in [1.82, 2.24) is 10.0 Å². The Morgan fingerprint density at radius 2 is 1.75 bits per heavy atom. The first-order chi connectivity index (χ1) is 13.2. The third-order valence-corrected chi connectivity index (χ3v) is 6.75. The molecule has 1 aliphatic rings. The van der Waals surface area contributed by atoms with E-state index in [4.69, 9.17) is 5.73 Å². The van der Waals surface area contributed by atoms with Crippen LogP contribution in [-0.2, 0) is 19.6 Å². The lowest BCUT2D eigenvalue weighted by molar-refractivity contribution is -0.124. The number of nitrogens with one attached hydrogen (secondary N) is 2. The number of amides is 2. The molecule has 0 unspecified atom stereocenters. The molecule has 7 nitrogen and oxygen atoms in total. The number of sulfonamides is 1. The molecule has 0 bridgehead atoms. The molecule has 0 radical (unpaired) electrons. The second-order valence-corrected chi connectivity index (χ2v) is 9.34. The summed E-state index contributed by atoms with van der Waals surface area (Å²) >= 11 is 0. The molecular formula is C20H31N3O4S. The number of hydrogen-bond acceptors (Lipinski definition) is 4. The van der Waals surface area contributed by atoms with E-state index in [2.05, 4.69) is 10.0 Å². The summed E-state index contributed by atoms with van der Waals surface area (Å²) in [6, 6.07) is 3.82. The van der Waals surface area contributed by atoms with Crippen molar-refractivity contribution in [1.29, 1.82) is 0 Å². The number of aryl methyl sites for hydroxylation is 2. The van der Waals surface area contributed by atoms with Crippen molar-refractivity contribution >= 4 is 21.8 Å². The van der Waals surface area contributed by atoms with E-state index >= 15 is 0 Å². The van der Waals surface area contributed by atoms with Crippen molar-refractivity contribution in [2.75, 3.05) is 0 Å². The molecule has 0 spiro atoms. The molecule has 1 saturated carbocycles. The number of rotatable bonds is 8. The van der Waals surface area contributed by atoms with Crippen molar-refractivity contribution < 1.29 is 18.0 Å². The van der Waals surface area contributed by atoms with Gasteiger partial charge in [0.2, 0.25) is 21.8 Å². The summed E-state index contributed by atoms with van der Waals surface area (Å²) in [6.45, 7) is 3.73. The molecule has 0 heterocycles. The predicted octanol–water partition coefficient (Wildman–Crippen LogP) is 2.05. The zero-order chi connectivity index (χ0) is 20.7. The first-order valence-corrected chi connectivity index (χ1v) is 11.4. The summed E-state index contributed by atoms with van der Waals surface area (Å²) in [4.78, 5) is 24.1. The Morgan fingerprint density at radius 3 is 2.32 bits per heavy atom. The molecule has 0 aromatic heterocycles. The Balaban J connectivity index is 2.15. The summed E-state index contributed by atoms with van der Waals surface area (Å²) in [6.07, 6.45) is 6.12. The molecule has 0 saturated heterocycles. The fourth-order valence-corrected chi connectivity index (χ4v) is 4.71. The fourth-order valence-electron chi connectivity index (χ4n) is 3.39. The van der Waals surface area contributed by atoms with Gasteiger partial charge in [-0.2, -0.15) is 4.72 Å². The van der Waals surface area contributed by atoms with Crippen molar-refractivity contribution in [2.24, 2.45) is 5.73 Å². The zero-order valence-corrected chi connectivity index (χ0v) is 17.5. The van der Waals surface area contributed by atoms with Gasteiger partial charge in [-0.05, 0) is 56.4 Å². The minimum Gasteiger partial charge on any atom is -0.370 e. The van der Waals surface area contributed by atoms with Gasteiger partial charge in [0, 0.05) is 12.5 Å². The number of carbonyl (C=O) groups excluding carboxylic acids is 2. The topological polar surface area (TPSA) is 118 Å². The number of carbonyl (C=O) groups is 2. The Kier molecular flexibility index (Phi) is 8.00. The lowest BCUT2D eigenvalue weighted by atomic mass is 10.1. The van der Waals surface area contributed by atoms with Gasteiger partial charge in [-0.15, -0.1) is 0 Å². The highest BCUT2D eigenvalue weighted by atomic mass is 32.2. The Morgan fingerprint density at radius 1 is 1.11 bits per heavy atom. The van der Waals surface area contributed by atoms with E-state index in [-0.39, 0.29) is 23.8 Å². The first kappa shape index (κ1) is 22.4. The van der Waals surface area contributed by atoms with Crippen LogP contribution in [-0.4, -0.2) is 32.3 Å². The highest BCUT2D eigenvalue weighted by molar-refractivity contribution is 7.89. The van der Waals surface area contributed by atoms with E-state index in [1.54, 1.807) is 12.1 Å². The second-order valence-electron chi connectivity index (χ2n) is 7.62. The molecule has 156 valence electrons. The van der Waals surface area contributed by atoms with Crippen LogP contribution in [0, 0.1) is 13.8 Å². The van der Waals surface area contributed by atoms with Gasteiger partial charge in [0.25, 0.3) is 0 Å². The zero-order valence-electron chi connectivity index (χ0n) is 16.7. The molecule has 28 heavy (non-hydrogen) atoms. The van der Waals surface area contributed by atoms with Gasteiger partial charge < -0.3 is 11.1 Å². The lowest BCUT2D eigenvalue weighted by Crippen LogP contribution is -2.49. The third-order valence-electron chi connectivity index (χ3n) is 5.28. The summed E-state index contributed by atoms with van der Waals surface area (Å²) in [7, 11) is -3.90. The minimum atomic E-state index is -3.90.